The van der Waals surface area contributed by atoms with Gasteiger partial charge in [0.05, 0.1) is 6.04 Å². The Balaban J connectivity index is 3.53. The number of nitrogens with one attached hydrogen (secondary N) is 1. The summed E-state index contributed by atoms with van der Waals surface area (Å²) in [7, 11) is 2.03. The molecule has 0 saturated carbocycles. The van der Waals surface area contributed by atoms with Crippen LogP contribution >= 0.6 is 0 Å². The van der Waals surface area contributed by atoms with Crippen molar-refractivity contribution in [2.45, 2.75) is 32.7 Å². The molecule has 0 heterocycles. The van der Waals surface area contributed by atoms with E-state index in [0.29, 0.717) is 6.54 Å². The maximum Gasteiger partial charge on any atom is 0.236 e. The summed E-state index contributed by atoms with van der Waals surface area (Å²) in [6, 6.07) is -0.341. The Kier molecular flexibility index (Phi) is 7.42. The summed E-state index contributed by atoms with van der Waals surface area (Å²) < 4.78 is 0. The molecule has 4 nitrogen and oxygen atoms in total. The molecule has 1 amide bonds. The average molecular weight is 201 g/mol. The van der Waals surface area contributed by atoms with Gasteiger partial charge in [0.25, 0.3) is 0 Å². The largest absolute Gasteiger partial charge is 0.353 e. The summed E-state index contributed by atoms with van der Waals surface area (Å²) in [6.07, 6.45) is 1.71. The van der Waals surface area contributed by atoms with Crippen molar-refractivity contribution in [3.8, 4) is 0 Å². The van der Waals surface area contributed by atoms with Gasteiger partial charge in [-0.3, -0.25) is 4.79 Å². The van der Waals surface area contributed by atoms with Crippen LogP contribution in [0.1, 0.15) is 26.7 Å². The molecule has 1 atom stereocenters. The van der Waals surface area contributed by atoms with E-state index in [0.717, 1.165) is 25.9 Å². The highest BCUT2D eigenvalue weighted by Gasteiger charge is 2.10. The first-order valence-electron chi connectivity index (χ1n) is 5.33. The van der Waals surface area contributed by atoms with Crippen LogP contribution in [-0.4, -0.2) is 43.5 Å². The van der Waals surface area contributed by atoms with E-state index in [1.165, 1.54) is 0 Å². The number of hydrogen-bond donors (Lipinski definition) is 2. The second-order valence-corrected chi connectivity index (χ2v) is 3.58. The minimum atomic E-state index is -0.341. The van der Waals surface area contributed by atoms with E-state index in [2.05, 4.69) is 17.1 Å². The third-order valence-corrected chi connectivity index (χ3v) is 2.27. The Morgan fingerprint density at radius 3 is 2.64 bits per heavy atom. The molecule has 14 heavy (non-hydrogen) atoms. The van der Waals surface area contributed by atoms with Crippen LogP contribution in [0.2, 0.25) is 0 Å². The van der Waals surface area contributed by atoms with E-state index in [1.54, 1.807) is 0 Å². The lowest BCUT2D eigenvalue weighted by Crippen LogP contribution is -2.43. The normalized spacial score (nSPS) is 12.9. The van der Waals surface area contributed by atoms with Gasteiger partial charge in [-0.2, -0.15) is 0 Å². The van der Waals surface area contributed by atoms with Gasteiger partial charge in [0.15, 0.2) is 0 Å². The molecule has 0 bridgehead atoms. The van der Waals surface area contributed by atoms with Crippen molar-refractivity contribution >= 4 is 5.91 Å². The Labute approximate surface area is 86.8 Å². The molecule has 0 spiro atoms. The number of nitrogens with two attached hydrogens (primary N) is 1. The van der Waals surface area contributed by atoms with Crippen LogP contribution < -0.4 is 11.1 Å². The number of carbonyl (C=O) groups excluding carboxylic acids is 1. The fourth-order valence-electron chi connectivity index (χ4n) is 1.10. The van der Waals surface area contributed by atoms with Gasteiger partial charge in [-0.1, -0.05) is 20.3 Å². The lowest BCUT2D eigenvalue weighted by atomic mass is 10.2. The maximum absolute atomic E-state index is 11.3. The molecule has 0 aliphatic heterocycles. The molecule has 3 N–H and O–H groups in total. The first-order chi connectivity index (χ1) is 6.61. The van der Waals surface area contributed by atoms with Gasteiger partial charge in [0.2, 0.25) is 5.91 Å². The summed E-state index contributed by atoms with van der Waals surface area (Å²) >= 11 is 0. The first kappa shape index (κ1) is 13.4. The lowest BCUT2D eigenvalue weighted by molar-refractivity contribution is -0.122. The Morgan fingerprint density at radius 2 is 2.14 bits per heavy atom. The van der Waals surface area contributed by atoms with Crippen LogP contribution in [-0.2, 0) is 4.79 Å². The topological polar surface area (TPSA) is 58.4 Å². The average Bonchev–Trinajstić information content (AvgIpc) is 2.17. The summed E-state index contributed by atoms with van der Waals surface area (Å²) in [4.78, 5) is 13.5. The number of likely N-dealkylation sites (N-methyl/N-ethyl adjacent to an activating group) is 1. The monoisotopic (exact) mass is 201 g/mol. The van der Waals surface area contributed by atoms with E-state index in [4.69, 9.17) is 5.73 Å². The molecule has 1 unspecified atom stereocenters. The molecule has 0 aliphatic rings. The minimum absolute atomic E-state index is 0.0312. The Morgan fingerprint density at radius 1 is 1.50 bits per heavy atom. The predicted molar refractivity (Wildman–Crippen MR) is 59.1 cm³/mol. The van der Waals surface area contributed by atoms with Crippen LogP contribution in [0.4, 0.5) is 0 Å². The van der Waals surface area contributed by atoms with Gasteiger partial charge in [-0.25, -0.2) is 0 Å². The second-order valence-electron chi connectivity index (χ2n) is 3.58. The summed E-state index contributed by atoms with van der Waals surface area (Å²) in [5.74, 6) is -0.0312. The smallest absolute Gasteiger partial charge is 0.236 e. The van der Waals surface area contributed by atoms with Crippen molar-refractivity contribution in [3.63, 3.8) is 0 Å². The van der Waals surface area contributed by atoms with Crippen molar-refractivity contribution in [1.82, 2.24) is 10.2 Å². The van der Waals surface area contributed by atoms with E-state index in [9.17, 15) is 4.79 Å². The second kappa shape index (κ2) is 7.76. The number of carbonyl (C=O) groups is 1. The molecule has 0 aromatic rings. The summed E-state index contributed by atoms with van der Waals surface area (Å²) in [6.45, 7) is 6.67. The molecule has 0 radical (unpaired) electrons. The van der Waals surface area contributed by atoms with Gasteiger partial charge in [-0.15, -0.1) is 0 Å². The third kappa shape index (κ3) is 5.94. The first-order valence-corrected chi connectivity index (χ1v) is 5.33. The zero-order valence-electron chi connectivity index (χ0n) is 9.55. The van der Waals surface area contributed by atoms with Crippen molar-refractivity contribution < 1.29 is 4.79 Å². The van der Waals surface area contributed by atoms with Gasteiger partial charge in [-0.05, 0) is 20.0 Å². The van der Waals surface area contributed by atoms with Crippen LogP contribution in [0.25, 0.3) is 0 Å². The van der Waals surface area contributed by atoms with Crippen molar-refractivity contribution in [3.05, 3.63) is 0 Å². The molecule has 0 aromatic heterocycles. The highest BCUT2D eigenvalue weighted by atomic mass is 16.2. The van der Waals surface area contributed by atoms with E-state index < -0.39 is 0 Å². The predicted octanol–water partition coefficient (Wildman–Crippen LogP) is 0.182. The molecule has 0 aromatic carbocycles. The summed E-state index contributed by atoms with van der Waals surface area (Å²) in [5, 5.41) is 2.83. The number of hydrogen-bond acceptors (Lipinski definition) is 3. The van der Waals surface area contributed by atoms with Gasteiger partial charge in [0.1, 0.15) is 0 Å². The molecule has 4 heteroatoms. The quantitative estimate of drug-likeness (QED) is 0.618. The molecule has 84 valence electrons. The molecule has 0 saturated heterocycles. The van der Waals surface area contributed by atoms with Gasteiger partial charge >= 0.3 is 0 Å². The standard InChI is InChI=1S/C10H23N3O/c1-4-6-9(11)10(14)12-7-8-13(3)5-2/h9H,4-8,11H2,1-3H3,(H,12,14). The number of amides is 1. The van der Waals surface area contributed by atoms with Crippen LogP contribution in [0.5, 0.6) is 0 Å². The Hall–Kier alpha value is -0.610. The van der Waals surface area contributed by atoms with E-state index >= 15 is 0 Å². The fraction of sp³-hybridized carbons (Fsp3) is 0.900. The third-order valence-electron chi connectivity index (χ3n) is 2.27. The molecular weight excluding hydrogens is 178 g/mol. The molecule has 0 aliphatic carbocycles. The van der Waals surface area contributed by atoms with Crippen LogP contribution in [0.15, 0.2) is 0 Å². The molecule has 0 fully saturated rings. The zero-order valence-corrected chi connectivity index (χ0v) is 9.55. The molecule has 0 rings (SSSR count). The zero-order chi connectivity index (χ0) is 11.0. The maximum atomic E-state index is 11.3. The van der Waals surface area contributed by atoms with E-state index in [-0.39, 0.29) is 11.9 Å². The molecular formula is C10H23N3O. The van der Waals surface area contributed by atoms with Crippen molar-refractivity contribution in [1.29, 1.82) is 0 Å². The van der Waals surface area contributed by atoms with Gasteiger partial charge < -0.3 is 16.0 Å². The fourth-order valence-corrected chi connectivity index (χ4v) is 1.10. The number of nitrogens with zero attached hydrogens (tertiary/aromatic N) is 1. The SMILES string of the molecule is CCCC(N)C(=O)NCCN(C)CC. The minimum Gasteiger partial charge on any atom is -0.353 e. The van der Waals surface area contributed by atoms with E-state index in [1.807, 2.05) is 14.0 Å². The summed E-state index contributed by atoms with van der Waals surface area (Å²) in [5.41, 5.74) is 5.65. The Bertz CT molecular complexity index is 161. The van der Waals surface area contributed by atoms with Crippen molar-refractivity contribution in [2.24, 2.45) is 5.73 Å². The highest BCUT2D eigenvalue weighted by molar-refractivity contribution is 5.81. The number of rotatable bonds is 7. The van der Waals surface area contributed by atoms with Crippen LogP contribution in [0, 0.1) is 0 Å². The van der Waals surface area contributed by atoms with Crippen LogP contribution in [0.3, 0.4) is 0 Å². The van der Waals surface area contributed by atoms with Gasteiger partial charge in [0, 0.05) is 13.1 Å². The lowest BCUT2D eigenvalue weighted by Gasteiger charge is -2.15. The van der Waals surface area contributed by atoms with Crippen molar-refractivity contribution in [2.75, 3.05) is 26.7 Å². The highest BCUT2D eigenvalue weighted by Crippen LogP contribution is 1.92.